The first-order chi connectivity index (χ1) is 6.70. The molecule has 0 fully saturated rings. The molecule has 0 saturated heterocycles. The lowest BCUT2D eigenvalue weighted by molar-refractivity contribution is 0.0691. The largest absolute Gasteiger partial charge is 0.476 e. The molecular formula is C8H7N3O2S. The Balaban J connectivity index is 2.60. The fraction of sp³-hybridized carbons (Fsp3) is 0.125. The highest BCUT2D eigenvalue weighted by atomic mass is 32.2. The van der Waals surface area contributed by atoms with Gasteiger partial charge in [-0.05, 0) is 6.26 Å². The summed E-state index contributed by atoms with van der Waals surface area (Å²) in [6.45, 7) is 0. The average molecular weight is 209 g/mol. The molecule has 14 heavy (non-hydrogen) atoms. The van der Waals surface area contributed by atoms with Crippen molar-refractivity contribution in [2.75, 3.05) is 6.26 Å². The third-order valence-corrected chi connectivity index (χ3v) is 2.39. The van der Waals surface area contributed by atoms with Crippen molar-refractivity contribution in [3.8, 4) is 0 Å². The predicted octanol–water partition coefficient (Wildman–Crippen LogP) is 1.15. The minimum absolute atomic E-state index is 0.0325. The van der Waals surface area contributed by atoms with Crippen molar-refractivity contribution in [3.63, 3.8) is 0 Å². The summed E-state index contributed by atoms with van der Waals surface area (Å²) in [5, 5.41) is 9.53. The van der Waals surface area contributed by atoms with Crippen LogP contribution < -0.4 is 0 Å². The van der Waals surface area contributed by atoms with Gasteiger partial charge in [0.25, 0.3) is 0 Å². The number of carboxylic acid groups (broad SMARTS) is 1. The van der Waals surface area contributed by atoms with Gasteiger partial charge in [-0.3, -0.25) is 4.40 Å². The van der Waals surface area contributed by atoms with Gasteiger partial charge in [0.2, 0.25) is 0 Å². The summed E-state index contributed by atoms with van der Waals surface area (Å²) in [7, 11) is 0. The van der Waals surface area contributed by atoms with Gasteiger partial charge in [0.05, 0.1) is 0 Å². The topological polar surface area (TPSA) is 67.5 Å². The van der Waals surface area contributed by atoms with Gasteiger partial charge in [-0.1, -0.05) is 0 Å². The molecule has 0 amide bonds. The van der Waals surface area contributed by atoms with Gasteiger partial charge in [0.1, 0.15) is 17.0 Å². The van der Waals surface area contributed by atoms with Gasteiger partial charge in [-0.15, -0.1) is 11.8 Å². The molecule has 0 spiro atoms. The van der Waals surface area contributed by atoms with Crippen molar-refractivity contribution in [1.82, 2.24) is 14.4 Å². The maximum atomic E-state index is 10.6. The molecule has 5 nitrogen and oxygen atoms in total. The van der Waals surface area contributed by atoms with Gasteiger partial charge in [-0.2, -0.15) is 0 Å². The number of aromatic nitrogens is 3. The first-order valence-electron chi connectivity index (χ1n) is 3.83. The molecule has 0 aliphatic rings. The summed E-state index contributed by atoms with van der Waals surface area (Å²) in [5.41, 5.74) is 0.631. The van der Waals surface area contributed by atoms with Crippen molar-refractivity contribution < 1.29 is 9.90 Å². The van der Waals surface area contributed by atoms with Crippen LogP contribution in [-0.2, 0) is 0 Å². The van der Waals surface area contributed by atoms with E-state index >= 15 is 0 Å². The van der Waals surface area contributed by atoms with E-state index in [0.29, 0.717) is 5.65 Å². The van der Waals surface area contributed by atoms with E-state index in [9.17, 15) is 4.79 Å². The first-order valence-corrected chi connectivity index (χ1v) is 5.05. The number of imidazole rings is 1. The van der Waals surface area contributed by atoms with Gasteiger partial charge >= 0.3 is 5.97 Å². The van der Waals surface area contributed by atoms with Crippen LogP contribution in [0.4, 0.5) is 0 Å². The van der Waals surface area contributed by atoms with Crippen molar-refractivity contribution in [2.45, 2.75) is 5.03 Å². The van der Waals surface area contributed by atoms with Crippen LogP contribution in [0.15, 0.2) is 23.6 Å². The summed E-state index contributed by atoms with van der Waals surface area (Å²) in [4.78, 5) is 18.6. The number of thioether (sulfide) groups is 1. The Morgan fingerprint density at radius 2 is 2.43 bits per heavy atom. The number of carbonyl (C=O) groups is 1. The van der Waals surface area contributed by atoms with Crippen molar-refractivity contribution in [1.29, 1.82) is 0 Å². The average Bonchev–Trinajstić information content (AvgIpc) is 2.59. The highest BCUT2D eigenvalue weighted by Crippen LogP contribution is 2.13. The molecule has 2 rings (SSSR count). The zero-order valence-electron chi connectivity index (χ0n) is 7.34. The second-order valence-electron chi connectivity index (χ2n) is 2.63. The molecule has 2 aromatic rings. The monoisotopic (exact) mass is 209 g/mol. The summed E-state index contributed by atoms with van der Waals surface area (Å²) >= 11 is 1.49. The minimum Gasteiger partial charge on any atom is -0.476 e. The SMILES string of the molecule is CSc1cc2nc(C(=O)O)cn2cn1. The molecule has 0 atom stereocenters. The number of carboxylic acids is 1. The minimum atomic E-state index is -1.03. The quantitative estimate of drug-likeness (QED) is 0.593. The van der Waals surface area contributed by atoms with Gasteiger partial charge < -0.3 is 5.11 Å². The normalized spacial score (nSPS) is 10.6. The Morgan fingerprint density at radius 3 is 3.07 bits per heavy atom. The third-order valence-electron chi connectivity index (χ3n) is 1.75. The van der Waals surface area contributed by atoms with E-state index in [2.05, 4.69) is 9.97 Å². The van der Waals surface area contributed by atoms with E-state index in [-0.39, 0.29) is 5.69 Å². The van der Waals surface area contributed by atoms with Crippen molar-refractivity contribution in [3.05, 3.63) is 24.3 Å². The molecule has 0 radical (unpaired) electrons. The highest BCUT2D eigenvalue weighted by Gasteiger charge is 2.08. The molecule has 2 heterocycles. The maximum absolute atomic E-state index is 10.6. The zero-order chi connectivity index (χ0) is 10.1. The van der Waals surface area contributed by atoms with E-state index in [1.54, 1.807) is 16.8 Å². The zero-order valence-corrected chi connectivity index (χ0v) is 8.15. The van der Waals surface area contributed by atoms with Gasteiger partial charge in [-0.25, -0.2) is 14.8 Å². The standard InChI is InChI=1S/C8H7N3O2S/c1-14-7-2-6-10-5(8(12)13)3-11(6)4-9-7/h2-4H,1H3,(H,12,13). The predicted molar refractivity (Wildman–Crippen MR) is 51.7 cm³/mol. The summed E-state index contributed by atoms with van der Waals surface area (Å²) in [5.74, 6) is -1.03. The van der Waals surface area contributed by atoms with Gasteiger partial charge in [0, 0.05) is 12.3 Å². The van der Waals surface area contributed by atoms with E-state index in [4.69, 9.17) is 5.11 Å². The Morgan fingerprint density at radius 1 is 1.64 bits per heavy atom. The van der Waals surface area contributed by atoms with E-state index in [0.717, 1.165) is 5.03 Å². The molecule has 6 heteroatoms. The van der Waals surface area contributed by atoms with Crippen LogP contribution in [0.1, 0.15) is 10.5 Å². The van der Waals surface area contributed by atoms with E-state index in [1.807, 2.05) is 6.26 Å². The second kappa shape index (κ2) is 3.30. The van der Waals surface area contributed by atoms with Crippen LogP contribution in [0, 0.1) is 0 Å². The van der Waals surface area contributed by atoms with E-state index < -0.39 is 5.97 Å². The van der Waals surface area contributed by atoms with Crippen LogP contribution in [0.25, 0.3) is 5.65 Å². The maximum Gasteiger partial charge on any atom is 0.356 e. The van der Waals surface area contributed by atoms with Crippen molar-refractivity contribution in [2.24, 2.45) is 0 Å². The fourth-order valence-corrected chi connectivity index (χ4v) is 1.46. The number of hydrogen-bond donors (Lipinski definition) is 1. The smallest absolute Gasteiger partial charge is 0.356 e. The summed E-state index contributed by atoms with van der Waals surface area (Å²) in [6.07, 6.45) is 4.90. The van der Waals surface area contributed by atoms with Crippen LogP contribution in [0.3, 0.4) is 0 Å². The van der Waals surface area contributed by atoms with Gasteiger partial charge in [0.15, 0.2) is 5.69 Å². The summed E-state index contributed by atoms with van der Waals surface area (Å²) < 4.78 is 1.59. The number of hydrogen-bond acceptors (Lipinski definition) is 4. The highest BCUT2D eigenvalue weighted by molar-refractivity contribution is 7.98. The molecule has 0 unspecified atom stereocenters. The number of nitrogens with zero attached hydrogens (tertiary/aromatic N) is 3. The van der Waals surface area contributed by atoms with Crippen LogP contribution in [0.5, 0.6) is 0 Å². The Kier molecular flexibility index (Phi) is 2.12. The molecule has 1 N–H and O–H groups in total. The Bertz CT molecular complexity index is 494. The third kappa shape index (κ3) is 1.44. The Hall–Kier alpha value is -1.56. The van der Waals surface area contributed by atoms with Crippen LogP contribution in [0.2, 0.25) is 0 Å². The molecule has 72 valence electrons. The van der Waals surface area contributed by atoms with Crippen molar-refractivity contribution >= 4 is 23.4 Å². The number of aromatic carboxylic acids is 1. The van der Waals surface area contributed by atoms with Crippen LogP contribution in [-0.4, -0.2) is 31.7 Å². The lowest BCUT2D eigenvalue weighted by Gasteiger charge is -1.94. The first kappa shape index (κ1) is 9.01. The molecule has 0 aliphatic carbocycles. The number of rotatable bonds is 2. The number of fused-ring (bicyclic) bond motifs is 1. The van der Waals surface area contributed by atoms with Crippen LogP contribution >= 0.6 is 11.8 Å². The molecular weight excluding hydrogens is 202 g/mol. The molecule has 0 bridgehead atoms. The molecule has 0 aliphatic heterocycles. The Labute approximate surface area is 83.8 Å². The van der Waals surface area contributed by atoms with E-state index in [1.165, 1.54) is 18.0 Å². The molecule has 0 aromatic carbocycles. The fourth-order valence-electron chi connectivity index (χ4n) is 1.09. The molecule has 2 aromatic heterocycles. The molecule has 0 saturated carbocycles. The summed E-state index contributed by atoms with van der Waals surface area (Å²) in [6, 6.07) is 1.75. The lowest BCUT2D eigenvalue weighted by Crippen LogP contribution is -1.94. The lowest BCUT2D eigenvalue weighted by atomic mass is 10.5. The second-order valence-corrected chi connectivity index (χ2v) is 3.45.